The second kappa shape index (κ2) is 6.86. The maximum absolute atomic E-state index is 12.1. The van der Waals surface area contributed by atoms with Gasteiger partial charge in [-0.25, -0.2) is 4.79 Å². The van der Waals surface area contributed by atoms with E-state index in [1.54, 1.807) is 13.1 Å². The predicted molar refractivity (Wildman–Crippen MR) is 89.3 cm³/mol. The average Bonchev–Trinajstić information content (AvgIpc) is 2.83. The average molecular weight is 314 g/mol. The van der Waals surface area contributed by atoms with Crippen molar-refractivity contribution in [1.82, 2.24) is 9.88 Å². The van der Waals surface area contributed by atoms with Crippen LogP contribution in [0.15, 0.2) is 39.1 Å². The van der Waals surface area contributed by atoms with Crippen molar-refractivity contribution in [3.8, 4) is 0 Å². The third-order valence-electron chi connectivity index (χ3n) is 4.37. The smallest absolute Gasteiger partial charge is 0.408 e. The third kappa shape index (κ3) is 3.73. The molecule has 1 N–H and O–H groups in total. The minimum Gasteiger partial charge on any atom is -0.408 e. The lowest BCUT2D eigenvalue weighted by molar-refractivity contribution is -0.120. The van der Waals surface area contributed by atoms with Gasteiger partial charge in [0, 0.05) is 13.6 Å². The molecule has 0 saturated carbocycles. The summed E-state index contributed by atoms with van der Waals surface area (Å²) in [5, 5.41) is 2.97. The van der Waals surface area contributed by atoms with Crippen LogP contribution in [0.5, 0.6) is 0 Å². The second-order valence-electron chi connectivity index (χ2n) is 6.11. The summed E-state index contributed by atoms with van der Waals surface area (Å²) >= 11 is 0. The Balaban J connectivity index is 1.56. The Morgan fingerprint density at radius 2 is 2.22 bits per heavy atom. The van der Waals surface area contributed by atoms with Gasteiger partial charge in [-0.3, -0.25) is 9.36 Å². The first kappa shape index (κ1) is 15.6. The molecule has 0 saturated heterocycles. The molecule has 1 aromatic carbocycles. The molecule has 5 nitrogen and oxygen atoms in total. The molecule has 1 aromatic heterocycles. The van der Waals surface area contributed by atoms with Crippen LogP contribution < -0.4 is 11.1 Å². The number of nitrogens with zero attached hydrogens (tertiary/aromatic N) is 1. The van der Waals surface area contributed by atoms with Crippen LogP contribution in [0.2, 0.25) is 0 Å². The topological polar surface area (TPSA) is 64.2 Å². The van der Waals surface area contributed by atoms with Gasteiger partial charge < -0.3 is 9.73 Å². The fraction of sp³-hybridized carbons (Fsp3) is 0.444. The Kier molecular flexibility index (Phi) is 4.65. The summed E-state index contributed by atoms with van der Waals surface area (Å²) < 4.78 is 6.54. The van der Waals surface area contributed by atoms with Gasteiger partial charge in [-0.2, -0.15) is 0 Å². The molecule has 0 atom stereocenters. The molecule has 2 aromatic rings. The molecule has 0 aliphatic heterocycles. The summed E-state index contributed by atoms with van der Waals surface area (Å²) in [6.07, 6.45) is 8.46. The number of amides is 1. The number of rotatable bonds is 5. The van der Waals surface area contributed by atoms with Crippen LogP contribution in [-0.4, -0.2) is 17.0 Å². The Labute approximate surface area is 135 Å². The monoisotopic (exact) mass is 314 g/mol. The van der Waals surface area contributed by atoms with Crippen LogP contribution in [-0.2, 0) is 18.3 Å². The summed E-state index contributed by atoms with van der Waals surface area (Å²) in [6.45, 7) is 0.692. The van der Waals surface area contributed by atoms with E-state index < -0.39 is 0 Å². The molecular weight excluding hydrogens is 292 g/mol. The van der Waals surface area contributed by atoms with E-state index in [1.165, 1.54) is 35.8 Å². The number of allylic oxidation sites excluding steroid dienone is 1. The molecule has 0 bridgehead atoms. The number of hydrogen-bond donors (Lipinski definition) is 1. The van der Waals surface area contributed by atoms with E-state index >= 15 is 0 Å². The summed E-state index contributed by atoms with van der Waals surface area (Å²) in [5.41, 5.74) is 3.60. The van der Waals surface area contributed by atoms with Crippen molar-refractivity contribution >= 4 is 17.0 Å². The molecule has 3 rings (SSSR count). The standard InChI is InChI=1S/C18H22N2O3/c1-20-15-11-14(7-8-16(15)23-18(20)22)12-17(21)19-10-9-13-5-3-2-4-6-13/h5,7-8,11H,2-4,6,9-10,12H2,1H3,(H,19,21). The van der Waals surface area contributed by atoms with Gasteiger partial charge in [0.2, 0.25) is 5.91 Å². The first-order valence-corrected chi connectivity index (χ1v) is 8.16. The van der Waals surface area contributed by atoms with Crippen LogP contribution in [0.4, 0.5) is 0 Å². The Bertz CT molecular complexity index is 798. The highest BCUT2D eigenvalue weighted by atomic mass is 16.4. The van der Waals surface area contributed by atoms with Gasteiger partial charge in [0.15, 0.2) is 5.58 Å². The number of benzene rings is 1. The number of oxazole rings is 1. The zero-order valence-electron chi connectivity index (χ0n) is 13.4. The van der Waals surface area contributed by atoms with Crippen molar-refractivity contribution in [3.63, 3.8) is 0 Å². The summed E-state index contributed by atoms with van der Waals surface area (Å²) in [6, 6.07) is 5.41. The van der Waals surface area contributed by atoms with Gasteiger partial charge in [-0.15, -0.1) is 0 Å². The summed E-state index contributed by atoms with van der Waals surface area (Å²) in [5.74, 6) is -0.378. The minimum atomic E-state index is -0.387. The van der Waals surface area contributed by atoms with Crippen molar-refractivity contribution in [2.45, 2.75) is 38.5 Å². The Morgan fingerprint density at radius 3 is 3.00 bits per heavy atom. The maximum atomic E-state index is 12.1. The van der Waals surface area contributed by atoms with Crippen molar-refractivity contribution in [3.05, 3.63) is 46.0 Å². The van der Waals surface area contributed by atoms with Crippen LogP contribution >= 0.6 is 0 Å². The van der Waals surface area contributed by atoms with E-state index in [0.717, 1.165) is 12.0 Å². The molecule has 5 heteroatoms. The van der Waals surface area contributed by atoms with E-state index in [1.807, 2.05) is 12.1 Å². The number of carbonyl (C=O) groups is 1. The first-order chi connectivity index (χ1) is 11.1. The Morgan fingerprint density at radius 1 is 1.35 bits per heavy atom. The Hall–Kier alpha value is -2.30. The lowest BCUT2D eigenvalue weighted by Crippen LogP contribution is -2.26. The van der Waals surface area contributed by atoms with Gasteiger partial charge in [0.1, 0.15) is 0 Å². The zero-order valence-corrected chi connectivity index (χ0v) is 13.4. The van der Waals surface area contributed by atoms with Crippen molar-refractivity contribution in [2.75, 3.05) is 6.54 Å². The highest BCUT2D eigenvalue weighted by Crippen LogP contribution is 2.19. The predicted octanol–water partition coefficient (Wildman–Crippen LogP) is 2.68. The highest BCUT2D eigenvalue weighted by Gasteiger charge is 2.09. The van der Waals surface area contributed by atoms with Crippen LogP contribution in [0.3, 0.4) is 0 Å². The molecule has 1 aliphatic carbocycles. The van der Waals surface area contributed by atoms with E-state index in [-0.39, 0.29) is 11.7 Å². The van der Waals surface area contributed by atoms with Crippen molar-refractivity contribution in [1.29, 1.82) is 0 Å². The third-order valence-corrected chi connectivity index (χ3v) is 4.37. The summed E-state index contributed by atoms with van der Waals surface area (Å²) in [4.78, 5) is 23.5. The number of carbonyl (C=O) groups excluding carboxylic acids is 1. The summed E-state index contributed by atoms with van der Waals surface area (Å²) in [7, 11) is 1.66. The van der Waals surface area contributed by atoms with E-state index in [4.69, 9.17) is 4.42 Å². The number of nitrogens with one attached hydrogen (secondary N) is 1. The van der Waals surface area contributed by atoms with Crippen LogP contribution in [0.25, 0.3) is 11.1 Å². The number of hydrogen-bond acceptors (Lipinski definition) is 3. The lowest BCUT2D eigenvalue weighted by Gasteiger charge is -2.13. The molecule has 1 heterocycles. The molecule has 0 radical (unpaired) electrons. The van der Waals surface area contributed by atoms with Crippen molar-refractivity contribution < 1.29 is 9.21 Å². The van der Waals surface area contributed by atoms with E-state index in [2.05, 4.69) is 11.4 Å². The number of aromatic nitrogens is 1. The second-order valence-corrected chi connectivity index (χ2v) is 6.11. The van der Waals surface area contributed by atoms with Gasteiger partial charge >= 0.3 is 5.76 Å². The molecule has 23 heavy (non-hydrogen) atoms. The van der Waals surface area contributed by atoms with Crippen LogP contribution in [0, 0.1) is 0 Å². The SMILES string of the molecule is Cn1c(=O)oc2ccc(CC(=O)NCCC3=CCCCC3)cc21. The van der Waals surface area contributed by atoms with E-state index in [0.29, 0.717) is 24.1 Å². The molecule has 1 amide bonds. The maximum Gasteiger partial charge on any atom is 0.419 e. The van der Waals surface area contributed by atoms with Crippen LogP contribution in [0.1, 0.15) is 37.7 Å². The minimum absolute atomic E-state index is 0.00857. The fourth-order valence-corrected chi connectivity index (χ4v) is 3.02. The molecule has 122 valence electrons. The van der Waals surface area contributed by atoms with Gasteiger partial charge in [-0.05, 0) is 49.8 Å². The number of aryl methyl sites for hydroxylation is 1. The molecule has 0 fully saturated rings. The zero-order chi connectivity index (χ0) is 16.2. The lowest BCUT2D eigenvalue weighted by atomic mass is 9.97. The fourth-order valence-electron chi connectivity index (χ4n) is 3.02. The highest BCUT2D eigenvalue weighted by molar-refractivity contribution is 5.81. The normalized spacial score (nSPS) is 14.7. The van der Waals surface area contributed by atoms with E-state index in [9.17, 15) is 9.59 Å². The van der Waals surface area contributed by atoms with Crippen molar-refractivity contribution in [2.24, 2.45) is 7.05 Å². The number of fused-ring (bicyclic) bond motifs is 1. The largest absolute Gasteiger partial charge is 0.419 e. The van der Waals surface area contributed by atoms with Gasteiger partial charge in [0.05, 0.1) is 11.9 Å². The molecular formula is C18H22N2O3. The molecule has 0 unspecified atom stereocenters. The quantitative estimate of drug-likeness (QED) is 0.863. The van der Waals surface area contributed by atoms with Gasteiger partial charge in [0.25, 0.3) is 0 Å². The first-order valence-electron chi connectivity index (χ1n) is 8.16. The molecule has 1 aliphatic rings. The van der Waals surface area contributed by atoms with Gasteiger partial charge in [-0.1, -0.05) is 17.7 Å². The molecule has 0 spiro atoms.